The molecule has 0 aromatic heterocycles. The minimum atomic E-state index is -1.51. The average molecular weight is 911 g/mol. The zero-order valence-corrected chi connectivity index (χ0v) is 37.8. The molecule has 0 aliphatic carbocycles. The fourth-order valence-electron chi connectivity index (χ4n) is 9.96. The third kappa shape index (κ3) is 7.89. The van der Waals surface area contributed by atoms with Crippen LogP contribution in [0.15, 0.2) is 255 Å². The van der Waals surface area contributed by atoms with Crippen molar-refractivity contribution in [3.05, 3.63) is 278 Å². The van der Waals surface area contributed by atoms with Crippen molar-refractivity contribution in [3.8, 4) is 111 Å². The predicted molar refractivity (Wildman–Crippen MR) is 281 cm³/mol. The summed E-state index contributed by atoms with van der Waals surface area (Å²) in [5, 5.41) is 0. The highest BCUT2D eigenvalue weighted by Crippen LogP contribution is 2.54. The van der Waals surface area contributed by atoms with Gasteiger partial charge in [0, 0.05) is 0 Å². The molecule has 11 aromatic carbocycles. The molecule has 0 saturated carbocycles. The third-order valence-electron chi connectivity index (χ3n) is 13.0. The van der Waals surface area contributed by atoms with E-state index < -0.39 is 34.4 Å². The molecule has 0 aliphatic heterocycles. The van der Waals surface area contributed by atoms with Crippen molar-refractivity contribution < 1.29 is 17.6 Å². The molecule has 11 aromatic rings. The molecule has 0 bridgehead atoms. The number of rotatable bonds is 10. The fraction of sp³-hybridized carbons (Fsp3) is 0. The van der Waals surface area contributed by atoms with Crippen LogP contribution in [0.4, 0.5) is 17.6 Å². The molecule has 11 rings (SSSR count). The number of halogens is 4. The van der Waals surface area contributed by atoms with Crippen LogP contribution < -0.4 is 0 Å². The number of hydrogen-bond donors (Lipinski definition) is 0. The van der Waals surface area contributed by atoms with Crippen molar-refractivity contribution >= 4 is 0 Å². The molecule has 0 amide bonds. The van der Waals surface area contributed by atoms with Gasteiger partial charge in [-0.1, -0.05) is 243 Å². The Bertz CT molecular complexity index is 3350. The lowest BCUT2D eigenvalue weighted by molar-refractivity contribution is 0.463. The molecule has 334 valence electrons. The normalized spacial score (nSPS) is 11.1. The predicted octanol–water partition coefficient (Wildman–Crippen LogP) is 18.9. The Hall–Kier alpha value is -8.86. The van der Waals surface area contributed by atoms with Gasteiger partial charge in [-0.25, -0.2) is 17.6 Å². The monoisotopic (exact) mass is 910 g/mol. The van der Waals surface area contributed by atoms with Gasteiger partial charge in [-0.3, -0.25) is 0 Å². The standard InChI is InChI=1S/C66H42F4/c67-63-61(53-41-51(43-25-9-1-10-26-43)55(45-29-13-3-14-30-45)59(49-37-21-7-22-38-49)57(53)47-33-17-5-18-34-47)64(68)66(70)62(65(63)69)54-42-52(44-27-11-2-12-28-44)56(46-31-15-4-16-32-46)60(50-39-23-8-24-40-50)58(54)48-35-19-6-20-36-48/h1-42H. The van der Waals surface area contributed by atoms with Gasteiger partial charge in [-0.2, -0.15) is 0 Å². The lowest BCUT2D eigenvalue weighted by atomic mass is 9.77. The Kier molecular flexibility index (Phi) is 11.9. The van der Waals surface area contributed by atoms with E-state index in [-0.39, 0.29) is 11.1 Å². The van der Waals surface area contributed by atoms with Gasteiger partial charge < -0.3 is 0 Å². The summed E-state index contributed by atoms with van der Waals surface area (Å²) >= 11 is 0. The van der Waals surface area contributed by atoms with Gasteiger partial charge >= 0.3 is 0 Å². The second kappa shape index (κ2) is 19.0. The van der Waals surface area contributed by atoms with Crippen LogP contribution in [-0.4, -0.2) is 0 Å². The van der Waals surface area contributed by atoms with Crippen LogP contribution in [0.25, 0.3) is 111 Å². The van der Waals surface area contributed by atoms with Gasteiger partial charge in [0.15, 0.2) is 23.3 Å². The van der Waals surface area contributed by atoms with Gasteiger partial charge in [0.2, 0.25) is 0 Å². The van der Waals surface area contributed by atoms with Gasteiger partial charge in [0.05, 0.1) is 11.1 Å². The molecule has 0 fully saturated rings. The van der Waals surface area contributed by atoms with Crippen LogP contribution in [0.3, 0.4) is 0 Å². The molecule has 0 spiro atoms. The van der Waals surface area contributed by atoms with E-state index in [9.17, 15) is 0 Å². The molecule has 0 heterocycles. The molecule has 0 aliphatic rings. The topological polar surface area (TPSA) is 0 Å². The maximum Gasteiger partial charge on any atom is 0.170 e. The molecule has 0 saturated heterocycles. The Morgan fingerprint density at radius 2 is 0.329 bits per heavy atom. The summed E-state index contributed by atoms with van der Waals surface area (Å²) in [6.45, 7) is 0. The van der Waals surface area contributed by atoms with Crippen LogP contribution in [0, 0.1) is 23.3 Å². The van der Waals surface area contributed by atoms with Crippen molar-refractivity contribution in [2.75, 3.05) is 0 Å². The van der Waals surface area contributed by atoms with Gasteiger partial charge in [0.1, 0.15) is 0 Å². The first-order valence-electron chi connectivity index (χ1n) is 23.2. The molecule has 70 heavy (non-hydrogen) atoms. The smallest absolute Gasteiger partial charge is 0.170 e. The van der Waals surface area contributed by atoms with E-state index in [0.29, 0.717) is 44.5 Å². The maximum atomic E-state index is 18.2. The van der Waals surface area contributed by atoms with Crippen LogP contribution in [0.1, 0.15) is 0 Å². The molecular formula is C66H42F4. The second-order valence-electron chi connectivity index (χ2n) is 17.1. The molecule has 0 unspecified atom stereocenters. The highest BCUT2D eigenvalue weighted by Gasteiger charge is 2.34. The van der Waals surface area contributed by atoms with E-state index >= 15 is 17.6 Å². The zero-order chi connectivity index (χ0) is 47.6. The molecular weight excluding hydrogens is 869 g/mol. The minimum absolute atomic E-state index is 0.000551. The molecule has 0 atom stereocenters. The lowest BCUT2D eigenvalue weighted by Crippen LogP contribution is -2.07. The first-order valence-corrected chi connectivity index (χ1v) is 23.2. The van der Waals surface area contributed by atoms with E-state index in [1.807, 2.05) is 243 Å². The minimum Gasteiger partial charge on any atom is -0.203 e. The van der Waals surface area contributed by atoms with E-state index in [1.165, 1.54) is 0 Å². The summed E-state index contributed by atoms with van der Waals surface area (Å²) in [4.78, 5) is 0. The number of hydrogen-bond acceptors (Lipinski definition) is 0. The van der Waals surface area contributed by atoms with Crippen LogP contribution in [-0.2, 0) is 0 Å². The Labute approximate surface area is 405 Å². The van der Waals surface area contributed by atoms with Crippen molar-refractivity contribution in [1.82, 2.24) is 0 Å². The summed E-state index contributed by atoms with van der Waals surface area (Å²) in [5.41, 5.74) is 9.35. The van der Waals surface area contributed by atoms with E-state index in [4.69, 9.17) is 0 Å². The summed E-state index contributed by atoms with van der Waals surface area (Å²) in [6.07, 6.45) is 0. The number of benzene rings is 11. The van der Waals surface area contributed by atoms with Crippen LogP contribution in [0.5, 0.6) is 0 Å². The Morgan fingerprint density at radius 1 is 0.157 bits per heavy atom. The Morgan fingerprint density at radius 3 is 0.543 bits per heavy atom. The largest absolute Gasteiger partial charge is 0.203 e. The first-order chi connectivity index (χ1) is 34.5. The highest BCUT2D eigenvalue weighted by atomic mass is 19.2. The Balaban J connectivity index is 1.29. The van der Waals surface area contributed by atoms with Crippen molar-refractivity contribution in [2.45, 2.75) is 0 Å². The summed E-state index contributed by atoms with van der Waals surface area (Å²) in [5.74, 6) is -6.04. The summed E-state index contributed by atoms with van der Waals surface area (Å²) < 4.78 is 72.8. The van der Waals surface area contributed by atoms with E-state index in [1.54, 1.807) is 12.1 Å². The molecule has 0 nitrogen and oxygen atoms in total. The molecule has 4 heteroatoms. The van der Waals surface area contributed by atoms with Crippen molar-refractivity contribution in [2.24, 2.45) is 0 Å². The third-order valence-corrected chi connectivity index (χ3v) is 13.0. The first kappa shape index (κ1) is 43.7. The SMILES string of the molecule is Fc1c(F)c(-c2cc(-c3ccccc3)c(-c3ccccc3)c(-c3ccccc3)c2-c2ccccc2)c(F)c(F)c1-c1cc(-c2ccccc2)c(-c2ccccc2)c(-c2ccccc2)c1-c1ccccc1. The zero-order valence-electron chi connectivity index (χ0n) is 37.8. The fourth-order valence-corrected chi connectivity index (χ4v) is 9.96. The molecule has 0 N–H and O–H groups in total. The van der Waals surface area contributed by atoms with Crippen LogP contribution in [0.2, 0.25) is 0 Å². The summed E-state index contributed by atoms with van der Waals surface area (Å²) in [6, 6.07) is 79.9. The van der Waals surface area contributed by atoms with E-state index in [0.717, 1.165) is 44.5 Å². The van der Waals surface area contributed by atoms with Crippen LogP contribution >= 0.6 is 0 Å². The maximum absolute atomic E-state index is 18.2. The van der Waals surface area contributed by atoms with Gasteiger partial charge in [0.25, 0.3) is 0 Å². The quantitative estimate of drug-likeness (QED) is 0.0947. The lowest BCUT2D eigenvalue weighted by Gasteiger charge is -2.26. The second-order valence-corrected chi connectivity index (χ2v) is 17.1. The van der Waals surface area contributed by atoms with Gasteiger partial charge in [-0.05, 0) is 112 Å². The average Bonchev–Trinajstić information content (AvgIpc) is 3.43. The van der Waals surface area contributed by atoms with Crippen molar-refractivity contribution in [1.29, 1.82) is 0 Å². The summed E-state index contributed by atoms with van der Waals surface area (Å²) in [7, 11) is 0. The van der Waals surface area contributed by atoms with E-state index in [2.05, 4.69) is 0 Å². The van der Waals surface area contributed by atoms with Gasteiger partial charge in [-0.15, -0.1) is 0 Å². The molecule has 0 radical (unpaired) electrons. The highest BCUT2D eigenvalue weighted by molar-refractivity contribution is 6.10. The van der Waals surface area contributed by atoms with Crippen molar-refractivity contribution in [3.63, 3.8) is 0 Å².